The molecule has 1 atom stereocenters. The molecule has 0 fully saturated rings. The van der Waals surface area contributed by atoms with Gasteiger partial charge in [-0.05, 0) is 31.5 Å². The topological polar surface area (TPSA) is 57.6 Å². The maximum atomic E-state index is 12.8. The van der Waals surface area contributed by atoms with Gasteiger partial charge < -0.3 is 5.32 Å². The van der Waals surface area contributed by atoms with Crippen molar-refractivity contribution in [3.8, 4) is 0 Å². The zero-order valence-corrected chi connectivity index (χ0v) is 14.8. The number of anilines is 1. The molecule has 0 saturated carbocycles. The average molecular weight is 344 g/mol. The van der Waals surface area contributed by atoms with E-state index in [1.165, 1.54) is 5.01 Å². The number of fused-ring (bicyclic) bond motifs is 1. The first-order valence-corrected chi connectivity index (χ1v) is 8.61. The highest BCUT2D eigenvalue weighted by atomic mass is 16.2. The van der Waals surface area contributed by atoms with Crippen LogP contribution in [-0.2, 0) is 0 Å². The molecule has 130 valence electrons. The lowest BCUT2D eigenvalue weighted by Crippen LogP contribution is -2.46. The van der Waals surface area contributed by atoms with E-state index in [-0.39, 0.29) is 11.9 Å². The molecule has 0 saturated heterocycles. The van der Waals surface area contributed by atoms with Crippen LogP contribution in [0.15, 0.2) is 72.0 Å². The van der Waals surface area contributed by atoms with Crippen molar-refractivity contribution in [1.82, 2.24) is 9.99 Å². The van der Waals surface area contributed by atoms with Crippen LogP contribution < -0.4 is 5.32 Å². The van der Waals surface area contributed by atoms with E-state index in [1.54, 1.807) is 6.20 Å². The highest BCUT2D eigenvalue weighted by Gasteiger charge is 2.43. The van der Waals surface area contributed by atoms with Crippen molar-refractivity contribution in [2.24, 2.45) is 5.10 Å². The van der Waals surface area contributed by atoms with E-state index >= 15 is 0 Å². The van der Waals surface area contributed by atoms with Gasteiger partial charge in [-0.15, -0.1) is 0 Å². The van der Waals surface area contributed by atoms with Crippen LogP contribution >= 0.6 is 0 Å². The molecule has 3 aromatic rings. The van der Waals surface area contributed by atoms with Crippen LogP contribution in [0.25, 0.3) is 10.9 Å². The summed E-state index contributed by atoms with van der Waals surface area (Å²) in [4.78, 5) is 17.2. The van der Waals surface area contributed by atoms with Crippen LogP contribution in [0.4, 0.5) is 10.5 Å². The monoisotopic (exact) mass is 344 g/mol. The van der Waals surface area contributed by atoms with E-state index in [0.717, 1.165) is 16.5 Å². The van der Waals surface area contributed by atoms with Crippen molar-refractivity contribution in [1.29, 1.82) is 0 Å². The molecule has 1 aromatic heterocycles. The minimum Gasteiger partial charge on any atom is -0.305 e. The molecule has 0 bridgehead atoms. The maximum absolute atomic E-state index is 12.8. The van der Waals surface area contributed by atoms with Gasteiger partial charge in [0.2, 0.25) is 0 Å². The van der Waals surface area contributed by atoms with Gasteiger partial charge in [0.15, 0.2) is 0 Å². The van der Waals surface area contributed by atoms with Gasteiger partial charge in [0.05, 0.1) is 22.9 Å². The lowest BCUT2D eigenvalue weighted by Gasteiger charge is -2.33. The molecule has 1 aliphatic heterocycles. The van der Waals surface area contributed by atoms with Crippen LogP contribution in [0.5, 0.6) is 0 Å². The molecule has 2 amide bonds. The van der Waals surface area contributed by atoms with E-state index in [2.05, 4.69) is 27.5 Å². The highest BCUT2D eigenvalue weighted by molar-refractivity contribution is 5.94. The standard InChI is InChI=1S/C21H20N4O/c1-21(2)18(15-8-4-3-5-9-15)14-23-25(21)20(26)24-17-12-16-10-6-7-11-19(16)22-13-17/h3-14,18H,1-2H3,(H,24,26). The number of urea groups is 1. The maximum Gasteiger partial charge on any atom is 0.342 e. The number of hydrazone groups is 1. The number of pyridine rings is 1. The van der Waals surface area contributed by atoms with Crippen molar-refractivity contribution >= 4 is 28.8 Å². The summed E-state index contributed by atoms with van der Waals surface area (Å²) >= 11 is 0. The Morgan fingerprint density at radius 1 is 1.08 bits per heavy atom. The van der Waals surface area contributed by atoms with Gasteiger partial charge in [-0.3, -0.25) is 4.98 Å². The third-order valence-electron chi connectivity index (χ3n) is 4.83. The summed E-state index contributed by atoms with van der Waals surface area (Å²) in [6, 6.07) is 19.6. The second-order valence-corrected chi connectivity index (χ2v) is 6.97. The summed E-state index contributed by atoms with van der Waals surface area (Å²) in [5.74, 6) is 0.0455. The van der Waals surface area contributed by atoms with Gasteiger partial charge in [0.1, 0.15) is 0 Å². The number of aromatic nitrogens is 1. The SMILES string of the molecule is CC1(C)C(c2ccccc2)C=NN1C(=O)Nc1cnc2ccccc2c1. The van der Waals surface area contributed by atoms with Gasteiger partial charge in [-0.2, -0.15) is 5.10 Å². The summed E-state index contributed by atoms with van der Waals surface area (Å²) in [5.41, 5.74) is 2.23. The Labute approximate surface area is 152 Å². The van der Waals surface area contributed by atoms with Crippen LogP contribution in [0.3, 0.4) is 0 Å². The Morgan fingerprint density at radius 3 is 2.62 bits per heavy atom. The first kappa shape index (κ1) is 16.3. The van der Waals surface area contributed by atoms with Gasteiger partial charge in [-0.25, -0.2) is 9.80 Å². The number of amides is 2. The Hall–Kier alpha value is -3.21. The fraction of sp³-hybridized carbons (Fsp3) is 0.190. The number of hydrogen-bond donors (Lipinski definition) is 1. The van der Waals surface area contributed by atoms with E-state index in [1.807, 2.05) is 68.6 Å². The molecule has 5 nitrogen and oxygen atoms in total. The number of para-hydroxylation sites is 1. The van der Waals surface area contributed by atoms with Gasteiger partial charge >= 0.3 is 6.03 Å². The molecule has 0 aliphatic carbocycles. The number of hydrogen-bond acceptors (Lipinski definition) is 3. The van der Waals surface area contributed by atoms with Gasteiger partial charge in [-0.1, -0.05) is 48.5 Å². The minimum absolute atomic E-state index is 0.0455. The molecule has 1 unspecified atom stereocenters. The van der Waals surface area contributed by atoms with Gasteiger partial charge in [0.25, 0.3) is 0 Å². The summed E-state index contributed by atoms with van der Waals surface area (Å²) in [6.45, 7) is 4.05. The Bertz CT molecular complexity index is 981. The molecule has 1 N–H and O–H groups in total. The summed E-state index contributed by atoms with van der Waals surface area (Å²) in [7, 11) is 0. The number of benzene rings is 2. The molecule has 0 radical (unpaired) electrons. The minimum atomic E-state index is -0.463. The molecular weight excluding hydrogens is 324 g/mol. The van der Waals surface area contributed by atoms with Gasteiger partial charge in [0, 0.05) is 17.5 Å². The molecule has 2 aromatic carbocycles. The lowest BCUT2D eigenvalue weighted by atomic mass is 9.83. The molecular formula is C21H20N4O. The Morgan fingerprint density at radius 2 is 1.81 bits per heavy atom. The second-order valence-electron chi connectivity index (χ2n) is 6.97. The second kappa shape index (κ2) is 6.26. The van der Waals surface area contributed by atoms with Crippen LogP contribution in [0, 0.1) is 0 Å². The molecule has 4 rings (SSSR count). The third kappa shape index (κ3) is 2.81. The van der Waals surface area contributed by atoms with Crippen molar-refractivity contribution < 1.29 is 4.79 Å². The first-order chi connectivity index (χ1) is 12.6. The predicted molar refractivity (Wildman–Crippen MR) is 104 cm³/mol. The number of carbonyl (C=O) groups is 1. The average Bonchev–Trinajstić information content (AvgIpc) is 2.97. The van der Waals surface area contributed by atoms with Crippen molar-refractivity contribution in [2.45, 2.75) is 25.3 Å². The zero-order valence-electron chi connectivity index (χ0n) is 14.8. The quantitative estimate of drug-likeness (QED) is 0.737. The van der Waals surface area contributed by atoms with Crippen LogP contribution in [0.1, 0.15) is 25.3 Å². The Balaban J connectivity index is 1.55. The number of rotatable bonds is 2. The summed E-state index contributed by atoms with van der Waals surface area (Å²) in [6.07, 6.45) is 3.51. The van der Waals surface area contributed by atoms with E-state index in [0.29, 0.717) is 5.69 Å². The van der Waals surface area contributed by atoms with E-state index in [4.69, 9.17) is 0 Å². The zero-order chi connectivity index (χ0) is 18.1. The van der Waals surface area contributed by atoms with E-state index in [9.17, 15) is 4.79 Å². The van der Waals surface area contributed by atoms with Crippen LogP contribution in [0.2, 0.25) is 0 Å². The number of nitrogens with one attached hydrogen (secondary N) is 1. The predicted octanol–water partition coefficient (Wildman–Crippen LogP) is 4.63. The normalized spacial score (nSPS) is 18.2. The van der Waals surface area contributed by atoms with E-state index < -0.39 is 5.54 Å². The molecule has 26 heavy (non-hydrogen) atoms. The Kier molecular flexibility index (Phi) is 3.92. The highest BCUT2D eigenvalue weighted by Crippen LogP contribution is 2.37. The summed E-state index contributed by atoms with van der Waals surface area (Å²) < 4.78 is 0. The molecule has 2 heterocycles. The largest absolute Gasteiger partial charge is 0.342 e. The molecule has 0 spiro atoms. The third-order valence-corrected chi connectivity index (χ3v) is 4.83. The van der Waals surface area contributed by atoms with Crippen LogP contribution in [-0.4, -0.2) is 27.8 Å². The van der Waals surface area contributed by atoms with Crippen molar-refractivity contribution in [3.05, 3.63) is 72.4 Å². The first-order valence-electron chi connectivity index (χ1n) is 8.61. The van der Waals surface area contributed by atoms with Crippen molar-refractivity contribution in [3.63, 3.8) is 0 Å². The molecule has 5 heteroatoms. The number of nitrogens with zero attached hydrogens (tertiary/aromatic N) is 3. The lowest BCUT2D eigenvalue weighted by molar-refractivity contribution is 0.158. The fourth-order valence-electron chi connectivity index (χ4n) is 3.38. The number of carbonyl (C=O) groups excluding carboxylic acids is 1. The molecule has 1 aliphatic rings. The smallest absolute Gasteiger partial charge is 0.305 e. The fourth-order valence-corrected chi connectivity index (χ4v) is 3.38. The van der Waals surface area contributed by atoms with Crippen molar-refractivity contribution in [2.75, 3.05) is 5.32 Å². The summed E-state index contributed by atoms with van der Waals surface area (Å²) in [5, 5.41) is 9.79.